The summed E-state index contributed by atoms with van der Waals surface area (Å²) in [6.07, 6.45) is 1.84. The molecule has 1 aliphatic rings. The van der Waals surface area contributed by atoms with Crippen LogP contribution in [-0.2, 0) is 16.4 Å². The molecule has 0 bridgehead atoms. The predicted octanol–water partition coefficient (Wildman–Crippen LogP) is 2.26. The molecule has 0 spiro atoms. The van der Waals surface area contributed by atoms with Crippen LogP contribution in [0.15, 0.2) is 21.7 Å². The number of nitrogens with zero attached hydrogens (tertiary/aromatic N) is 2. The fraction of sp³-hybridized carbons (Fsp3) is 0.429. The molecule has 23 heavy (non-hydrogen) atoms. The summed E-state index contributed by atoms with van der Waals surface area (Å²) >= 11 is 2.83. The molecule has 1 aliphatic heterocycles. The minimum atomic E-state index is -3.44. The van der Waals surface area contributed by atoms with Gasteiger partial charge >= 0.3 is 0 Å². The van der Waals surface area contributed by atoms with Crippen molar-refractivity contribution in [3.63, 3.8) is 0 Å². The molecule has 3 heterocycles. The first-order valence-corrected chi connectivity index (χ1v) is 10.4. The van der Waals surface area contributed by atoms with Crippen molar-refractivity contribution in [3.8, 4) is 0 Å². The summed E-state index contributed by atoms with van der Waals surface area (Å²) in [6, 6.07) is 1.24. The summed E-state index contributed by atoms with van der Waals surface area (Å²) in [7, 11) is -1.91. The maximum atomic E-state index is 12.4. The second-order valence-corrected chi connectivity index (χ2v) is 9.24. The first kappa shape index (κ1) is 16.6. The molecule has 0 aliphatic carbocycles. The largest absolute Gasteiger partial charge is 0.342 e. The van der Waals surface area contributed by atoms with Crippen LogP contribution in [0.1, 0.15) is 39.8 Å². The Bertz CT molecular complexity index is 825. The summed E-state index contributed by atoms with van der Waals surface area (Å²) in [6.45, 7) is 2.30. The van der Waals surface area contributed by atoms with Crippen LogP contribution in [-0.4, -0.2) is 37.2 Å². The molecule has 2 aromatic heterocycles. The van der Waals surface area contributed by atoms with Crippen molar-refractivity contribution in [2.75, 3.05) is 13.6 Å². The smallest absolute Gasteiger partial charge is 0.271 e. The van der Waals surface area contributed by atoms with Gasteiger partial charge in [0.15, 0.2) is 0 Å². The van der Waals surface area contributed by atoms with E-state index in [1.165, 1.54) is 34.0 Å². The fourth-order valence-corrected chi connectivity index (χ4v) is 6.05. The lowest BCUT2D eigenvalue weighted by Gasteiger charge is -2.29. The Hall–Kier alpha value is -1.29. The number of likely N-dealkylation sites (N-methyl/N-ethyl adjacent to an activating group) is 1. The van der Waals surface area contributed by atoms with Crippen LogP contribution in [0, 0.1) is 0 Å². The molecule has 1 unspecified atom stereocenters. The lowest BCUT2D eigenvalue weighted by Crippen LogP contribution is -2.42. The molecule has 0 aromatic carbocycles. The first-order valence-electron chi connectivity index (χ1n) is 7.22. The standard InChI is InChI=1S/C14H17N3O3S3/c1-3-4-12-15-10(8-22-12)14(18)16-9-7-17(2)23(19,20)11-5-6-21-13(9)11/h5-6,8-9H,3-4,7H2,1-2H3,(H,16,18). The van der Waals surface area contributed by atoms with Crippen molar-refractivity contribution in [1.82, 2.24) is 14.6 Å². The number of aryl methyl sites for hydroxylation is 1. The average molecular weight is 372 g/mol. The third-order valence-electron chi connectivity index (χ3n) is 3.66. The first-order chi connectivity index (χ1) is 10.9. The summed E-state index contributed by atoms with van der Waals surface area (Å²) in [5.41, 5.74) is 0.396. The molecule has 124 valence electrons. The van der Waals surface area contributed by atoms with E-state index in [4.69, 9.17) is 0 Å². The number of thiazole rings is 1. The summed E-state index contributed by atoms with van der Waals surface area (Å²) < 4.78 is 25.8. The Morgan fingerprint density at radius 2 is 2.26 bits per heavy atom. The van der Waals surface area contributed by atoms with Crippen LogP contribution < -0.4 is 5.32 Å². The molecule has 9 heteroatoms. The average Bonchev–Trinajstić information content (AvgIpc) is 3.14. The number of thiophene rings is 1. The van der Waals surface area contributed by atoms with Crippen LogP contribution in [0.4, 0.5) is 0 Å². The highest BCUT2D eigenvalue weighted by molar-refractivity contribution is 7.89. The number of carbonyl (C=O) groups excluding carboxylic acids is 1. The molecular weight excluding hydrogens is 354 g/mol. The van der Waals surface area contributed by atoms with E-state index in [1.54, 1.807) is 16.8 Å². The molecule has 2 aromatic rings. The van der Waals surface area contributed by atoms with E-state index >= 15 is 0 Å². The Kier molecular flexibility index (Phi) is 4.54. The quantitative estimate of drug-likeness (QED) is 0.894. The van der Waals surface area contributed by atoms with Crippen LogP contribution in [0.3, 0.4) is 0 Å². The summed E-state index contributed by atoms with van der Waals surface area (Å²) in [5.74, 6) is -0.263. The zero-order valence-corrected chi connectivity index (χ0v) is 15.2. The van der Waals surface area contributed by atoms with Gasteiger partial charge in [-0.15, -0.1) is 22.7 Å². The number of aromatic nitrogens is 1. The lowest BCUT2D eigenvalue weighted by molar-refractivity contribution is 0.0927. The molecule has 6 nitrogen and oxygen atoms in total. The van der Waals surface area contributed by atoms with Crippen molar-refractivity contribution >= 4 is 38.6 Å². The highest BCUT2D eigenvalue weighted by Crippen LogP contribution is 2.35. The number of sulfonamides is 1. The van der Waals surface area contributed by atoms with Crippen molar-refractivity contribution < 1.29 is 13.2 Å². The molecule has 0 saturated carbocycles. The van der Waals surface area contributed by atoms with Gasteiger partial charge in [0.1, 0.15) is 5.69 Å². The summed E-state index contributed by atoms with van der Waals surface area (Å²) in [4.78, 5) is 17.7. The fourth-order valence-electron chi connectivity index (χ4n) is 2.47. The normalized spacial score (nSPS) is 20.2. The van der Waals surface area contributed by atoms with E-state index in [0.717, 1.165) is 17.8 Å². The zero-order valence-electron chi connectivity index (χ0n) is 12.8. The van der Waals surface area contributed by atoms with Gasteiger partial charge in [0.25, 0.3) is 5.91 Å². The van der Waals surface area contributed by atoms with E-state index < -0.39 is 10.0 Å². The number of hydrogen-bond acceptors (Lipinski definition) is 6. The highest BCUT2D eigenvalue weighted by Gasteiger charge is 2.36. The van der Waals surface area contributed by atoms with Gasteiger partial charge in [-0.2, -0.15) is 4.31 Å². The molecule has 1 atom stereocenters. The van der Waals surface area contributed by atoms with Gasteiger partial charge in [0, 0.05) is 23.8 Å². The molecule has 3 rings (SSSR count). The number of hydrogen-bond donors (Lipinski definition) is 1. The molecular formula is C14H17N3O3S3. The monoisotopic (exact) mass is 371 g/mol. The Morgan fingerprint density at radius 1 is 1.48 bits per heavy atom. The second kappa shape index (κ2) is 6.31. The molecule has 1 N–H and O–H groups in total. The van der Waals surface area contributed by atoms with Gasteiger partial charge in [-0.05, 0) is 24.3 Å². The Labute approximate surface area is 143 Å². The van der Waals surface area contributed by atoms with Crippen molar-refractivity contribution in [3.05, 3.63) is 32.4 Å². The topological polar surface area (TPSA) is 79.4 Å². The molecule has 0 radical (unpaired) electrons. The number of nitrogens with one attached hydrogen (secondary N) is 1. The van der Waals surface area contributed by atoms with E-state index in [0.29, 0.717) is 10.6 Å². The van der Waals surface area contributed by atoms with Crippen LogP contribution >= 0.6 is 22.7 Å². The number of fused-ring (bicyclic) bond motifs is 1. The predicted molar refractivity (Wildman–Crippen MR) is 90.5 cm³/mol. The Balaban J connectivity index is 1.81. The van der Waals surface area contributed by atoms with Gasteiger partial charge in [-0.1, -0.05) is 6.92 Å². The number of carbonyl (C=O) groups is 1. The van der Waals surface area contributed by atoms with Crippen molar-refractivity contribution in [2.24, 2.45) is 0 Å². The lowest BCUT2D eigenvalue weighted by atomic mass is 10.2. The number of rotatable bonds is 4. The SMILES string of the molecule is CCCc1nc(C(=O)NC2CN(C)S(=O)(=O)c3ccsc32)cs1. The third kappa shape index (κ3) is 3.06. The third-order valence-corrected chi connectivity index (χ3v) is 7.61. The van der Waals surface area contributed by atoms with Crippen molar-refractivity contribution in [1.29, 1.82) is 0 Å². The molecule has 1 amide bonds. The van der Waals surface area contributed by atoms with E-state index in [2.05, 4.69) is 17.2 Å². The van der Waals surface area contributed by atoms with E-state index in [9.17, 15) is 13.2 Å². The van der Waals surface area contributed by atoms with Gasteiger partial charge in [-0.25, -0.2) is 13.4 Å². The molecule has 0 fully saturated rings. The van der Waals surface area contributed by atoms with Gasteiger partial charge in [0.05, 0.1) is 15.9 Å². The minimum Gasteiger partial charge on any atom is -0.342 e. The molecule has 0 saturated heterocycles. The van der Waals surface area contributed by atoms with Gasteiger partial charge < -0.3 is 5.32 Å². The maximum absolute atomic E-state index is 12.4. The van der Waals surface area contributed by atoms with Gasteiger partial charge in [0.2, 0.25) is 10.0 Å². The second-order valence-electron chi connectivity index (χ2n) is 5.34. The van der Waals surface area contributed by atoms with E-state index in [1.807, 2.05) is 0 Å². The van der Waals surface area contributed by atoms with Crippen molar-refractivity contribution in [2.45, 2.75) is 30.7 Å². The Morgan fingerprint density at radius 3 is 3.00 bits per heavy atom. The van der Waals surface area contributed by atoms with Gasteiger partial charge in [-0.3, -0.25) is 4.79 Å². The highest BCUT2D eigenvalue weighted by atomic mass is 32.2. The van der Waals surface area contributed by atoms with Crippen LogP contribution in [0.2, 0.25) is 0 Å². The number of amides is 1. The minimum absolute atomic E-state index is 0.230. The van der Waals surface area contributed by atoms with Crippen LogP contribution in [0.25, 0.3) is 0 Å². The van der Waals surface area contributed by atoms with E-state index in [-0.39, 0.29) is 23.4 Å². The summed E-state index contributed by atoms with van der Waals surface area (Å²) in [5, 5.41) is 7.34. The zero-order chi connectivity index (χ0) is 16.6. The maximum Gasteiger partial charge on any atom is 0.271 e. The van der Waals surface area contributed by atoms with Crippen LogP contribution in [0.5, 0.6) is 0 Å².